The standard InChI is InChI=1S/C21H21N5O/c1-2-16-18-21(27)24-19(17-15-10-6-5-7-13(15)11-12-22-17)25-26(18)20(23-16)14-8-3-4-9-14/h5-7,10-12,14H,2-4,8-9H2,1H3,(H,24,25,27). The highest BCUT2D eigenvalue weighted by atomic mass is 16.1. The summed E-state index contributed by atoms with van der Waals surface area (Å²) in [5.74, 6) is 1.79. The Morgan fingerprint density at radius 3 is 2.81 bits per heavy atom. The number of nitrogens with zero attached hydrogens (tertiary/aromatic N) is 4. The van der Waals surface area contributed by atoms with Crippen molar-refractivity contribution in [1.82, 2.24) is 24.6 Å². The van der Waals surface area contributed by atoms with E-state index in [1.54, 1.807) is 10.7 Å². The van der Waals surface area contributed by atoms with Crippen molar-refractivity contribution in [3.63, 3.8) is 0 Å². The Bertz CT molecular complexity index is 1200. The molecule has 0 spiro atoms. The van der Waals surface area contributed by atoms with Gasteiger partial charge in [0.1, 0.15) is 11.5 Å². The molecule has 3 heterocycles. The molecular weight excluding hydrogens is 338 g/mol. The number of H-pyrrole nitrogens is 1. The molecule has 136 valence electrons. The van der Waals surface area contributed by atoms with Gasteiger partial charge < -0.3 is 4.98 Å². The third-order valence-corrected chi connectivity index (χ3v) is 5.55. The fraction of sp³-hybridized carbons (Fsp3) is 0.333. The zero-order valence-corrected chi connectivity index (χ0v) is 15.3. The second-order valence-electron chi connectivity index (χ2n) is 7.20. The van der Waals surface area contributed by atoms with E-state index >= 15 is 0 Å². The number of hydrogen-bond donors (Lipinski definition) is 1. The summed E-state index contributed by atoms with van der Waals surface area (Å²) in [5, 5.41) is 6.85. The smallest absolute Gasteiger partial charge is 0.277 e. The van der Waals surface area contributed by atoms with Crippen LogP contribution in [0.3, 0.4) is 0 Å². The molecule has 5 rings (SSSR count). The van der Waals surface area contributed by atoms with Gasteiger partial charge in [-0.1, -0.05) is 44.0 Å². The van der Waals surface area contributed by atoms with Gasteiger partial charge in [0, 0.05) is 17.5 Å². The predicted molar refractivity (Wildman–Crippen MR) is 105 cm³/mol. The quantitative estimate of drug-likeness (QED) is 0.603. The summed E-state index contributed by atoms with van der Waals surface area (Å²) in [4.78, 5) is 25.2. The third kappa shape index (κ3) is 2.55. The number of rotatable bonds is 3. The van der Waals surface area contributed by atoms with Crippen LogP contribution in [0.1, 0.15) is 50.0 Å². The van der Waals surface area contributed by atoms with E-state index in [0.717, 1.165) is 35.1 Å². The Hall–Kier alpha value is -3.02. The monoisotopic (exact) mass is 359 g/mol. The number of aromatic nitrogens is 5. The lowest BCUT2D eigenvalue weighted by Gasteiger charge is -2.09. The zero-order chi connectivity index (χ0) is 18.4. The van der Waals surface area contributed by atoms with E-state index in [2.05, 4.69) is 9.97 Å². The number of fused-ring (bicyclic) bond motifs is 2. The van der Waals surface area contributed by atoms with Gasteiger partial charge in [0.15, 0.2) is 11.3 Å². The van der Waals surface area contributed by atoms with Crippen molar-refractivity contribution in [3.8, 4) is 11.5 Å². The van der Waals surface area contributed by atoms with Gasteiger partial charge in [0.25, 0.3) is 5.56 Å². The number of hydrogen-bond acceptors (Lipinski definition) is 4. The molecule has 0 aliphatic heterocycles. The Balaban J connectivity index is 1.79. The Kier molecular flexibility index (Phi) is 3.77. The van der Waals surface area contributed by atoms with E-state index in [-0.39, 0.29) is 5.56 Å². The van der Waals surface area contributed by atoms with Crippen molar-refractivity contribution in [2.24, 2.45) is 0 Å². The fourth-order valence-corrected chi connectivity index (χ4v) is 4.21. The summed E-state index contributed by atoms with van der Waals surface area (Å²) in [6.45, 7) is 2.03. The summed E-state index contributed by atoms with van der Waals surface area (Å²) >= 11 is 0. The maximum absolute atomic E-state index is 12.9. The van der Waals surface area contributed by atoms with Crippen LogP contribution in [0.4, 0.5) is 0 Å². The van der Waals surface area contributed by atoms with Crippen molar-refractivity contribution in [3.05, 3.63) is 58.4 Å². The van der Waals surface area contributed by atoms with Crippen LogP contribution in [0.25, 0.3) is 27.8 Å². The Morgan fingerprint density at radius 2 is 2.00 bits per heavy atom. The zero-order valence-electron chi connectivity index (χ0n) is 15.3. The second kappa shape index (κ2) is 6.30. The lowest BCUT2D eigenvalue weighted by molar-refractivity contribution is 0.639. The van der Waals surface area contributed by atoms with Gasteiger partial charge in [-0.05, 0) is 30.7 Å². The average Bonchev–Trinajstić information content (AvgIpc) is 3.35. The van der Waals surface area contributed by atoms with E-state index in [9.17, 15) is 4.79 Å². The number of pyridine rings is 1. The molecule has 0 bridgehead atoms. The van der Waals surface area contributed by atoms with Crippen LogP contribution in [0.2, 0.25) is 0 Å². The number of nitrogens with one attached hydrogen (secondary N) is 1. The normalized spacial score (nSPS) is 15.1. The predicted octanol–water partition coefficient (Wildman–Crippen LogP) is 3.85. The van der Waals surface area contributed by atoms with Crippen LogP contribution in [0.5, 0.6) is 0 Å². The van der Waals surface area contributed by atoms with Gasteiger partial charge in [0.05, 0.1) is 5.69 Å². The maximum Gasteiger partial charge on any atom is 0.277 e. The van der Waals surface area contributed by atoms with Crippen molar-refractivity contribution in [2.45, 2.75) is 44.9 Å². The highest BCUT2D eigenvalue weighted by Crippen LogP contribution is 2.34. The van der Waals surface area contributed by atoms with E-state index in [1.807, 2.05) is 37.3 Å². The lowest BCUT2D eigenvalue weighted by Crippen LogP contribution is -2.16. The van der Waals surface area contributed by atoms with E-state index < -0.39 is 0 Å². The van der Waals surface area contributed by atoms with Crippen LogP contribution in [-0.4, -0.2) is 24.6 Å². The molecule has 1 aliphatic carbocycles. The molecule has 1 aromatic carbocycles. The number of aryl methyl sites for hydroxylation is 1. The number of aromatic amines is 1. The van der Waals surface area contributed by atoms with Crippen LogP contribution >= 0.6 is 0 Å². The molecule has 1 N–H and O–H groups in total. The first-order valence-electron chi connectivity index (χ1n) is 9.62. The molecule has 6 nitrogen and oxygen atoms in total. The molecule has 1 saturated carbocycles. The largest absolute Gasteiger partial charge is 0.302 e. The molecule has 6 heteroatoms. The molecule has 0 saturated heterocycles. The SMILES string of the molecule is CCc1nc(C2CCCC2)n2nc(-c3nccc4ccccc34)[nH]c(=O)c12. The lowest BCUT2D eigenvalue weighted by atomic mass is 10.1. The highest BCUT2D eigenvalue weighted by molar-refractivity contribution is 5.92. The molecule has 0 radical (unpaired) electrons. The Labute approximate surface area is 156 Å². The van der Waals surface area contributed by atoms with Gasteiger partial charge in [0.2, 0.25) is 0 Å². The molecule has 4 aromatic rings. The first kappa shape index (κ1) is 16.2. The van der Waals surface area contributed by atoms with E-state index in [0.29, 0.717) is 29.4 Å². The van der Waals surface area contributed by atoms with Crippen LogP contribution < -0.4 is 5.56 Å². The van der Waals surface area contributed by atoms with Crippen LogP contribution in [-0.2, 0) is 6.42 Å². The molecule has 1 aliphatic rings. The molecule has 0 atom stereocenters. The highest BCUT2D eigenvalue weighted by Gasteiger charge is 2.25. The van der Waals surface area contributed by atoms with Crippen LogP contribution in [0, 0.1) is 0 Å². The summed E-state index contributed by atoms with van der Waals surface area (Å²) in [6.07, 6.45) is 7.11. The van der Waals surface area contributed by atoms with Gasteiger partial charge in [-0.25, -0.2) is 9.50 Å². The minimum atomic E-state index is -0.150. The molecule has 0 unspecified atom stereocenters. The van der Waals surface area contributed by atoms with E-state index in [1.165, 1.54) is 12.8 Å². The average molecular weight is 359 g/mol. The second-order valence-corrected chi connectivity index (χ2v) is 7.20. The van der Waals surface area contributed by atoms with Crippen molar-refractivity contribution >= 4 is 16.3 Å². The van der Waals surface area contributed by atoms with E-state index in [4.69, 9.17) is 10.1 Å². The molecule has 3 aromatic heterocycles. The molecular formula is C21H21N5O. The molecule has 27 heavy (non-hydrogen) atoms. The van der Waals surface area contributed by atoms with Gasteiger partial charge >= 0.3 is 0 Å². The van der Waals surface area contributed by atoms with Crippen molar-refractivity contribution in [2.75, 3.05) is 0 Å². The summed E-state index contributed by atoms with van der Waals surface area (Å²) < 4.78 is 1.78. The number of imidazole rings is 1. The fourth-order valence-electron chi connectivity index (χ4n) is 4.21. The minimum absolute atomic E-state index is 0.150. The summed E-state index contributed by atoms with van der Waals surface area (Å²) in [5.41, 5.74) is 1.94. The van der Waals surface area contributed by atoms with Gasteiger partial charge in [-0.2, -0.15) is 0 Å². The Morgan fingerprint density at radius 1 is 1.19 bits per heavy atom. The minimum Gasteiger partial charge on any atom is -0.302 e. The first-order valence-corrected chi connectivity index (χ1v) is 9.62. The van der Waals surface area contributed by atoms with Crippen LogP contribution in [0.15, 0.2) is 41.3 Å². The topological polar surface area (TPSA) is 75.9 Å². The van der Waals surface area contributed by atoms with Crippen molar-refractivity contribution in [1.29, 1.82) is 0 Å². The van der Waals surface area contributed by atoms with Gasteiger partial charge in [-0.3, -0.25) is 9.78 Å². The summed E-state index contributed by atoms with van der Waals surface area (Å²) in [7, 11) is 0. The maximum atomic E-state index is 12.9. The van der Waals surface area contributed by atoms with Crippen molar-refractivity contribution < 1.29 is 0 Å². The third-order valence-electron chi connectivity index (χ3n) is 5.55. The van der Waals surface area contributed by atoms with Gasteiger partial charge in [-0.15, -0.1) is 5.10 Å². The molecule has 1 fully saturated rings. The molecule has 0 amide bonds. The number of benzene rings is 1. The first-order chi connectivity index (χ1) is 13.3. The summed E-state index contributed by atoms with van der Waals surface area (Å²) in [6, 6.07) is 9.97.